The highest BCUT2D eigenvalue weighted by Crippen LogP contribution is 1.67. The molecule has 0 amide bonds. The van der Waals surface area contributed by atoms with Crippen molar-refractivity contribution in [2.75, 3.05) is 20.3 Å². The molecule has 0 aliphatic rings. The third-order valence-corrected chi connectivity index (χ3v) is 0.402. The summed E-state index contributed by atoms with van der Waals surface area (Å²) in [4.78, 5) is 0. The molecule has 0 aliphatic carbocycles. The molecule has 0 unspecified atom stereocenters. The Morgan fingerprint density at radius 1 is 1.00 bits per heavy atom. The highest BCUT2D eigenvalue weighted by Gasteiger charge is 1.76. The fourth-order valence-corrected chi connectivity index (χ4v) is 0.155. The van der Waals surface area contributed by atoms with Crippen molar-refractivity contribution in [2.24, 2.45) is 11.5 Å². The van der Waals surface area contributed by atoms with E-state index in [1.807, 2.05) is 0 Å². The third kappa shape index (κ3) is 5.84. The van der Waals surface area contributed by atoms with Gasteiger partial charge >= 0.3 is 0 Å². The first kappa shape index (κ1) is 6.84. The van der Waals surface area contributed by atoms with Crippen LogP contribution in [-0.4, -0.2) is 20.3 Å². The largest absolute Gasteiger partial charge is 0.340 e. The smallest absolute Gasteiger partial charge is 0.150 e. The van der Waals surface area contributed by atoms with Crippen molar-refractivity contribution >= 4 is 0 Å². The molecule has 0 saturated carbocycles. The number of ether oxygens (including phenoxy) is 2. The molecule has 0 fully saturated rings. The average Bonchev–Trinajstić information content (AvgIpc) is 1.69. The summed E-state index contributed by atoms with van der Waals surface area (Å²) in [5.41, 5.74) is 9.85. The van der Waals surface area contributed by atoms with Crippen molar-refractivity contribution in [2.45, 2.75) is 0 Å². The van der Waals surface area contributed by atoms with E-state index >= 15 is 0 Å². The van der Waals surface area contributed by atoms with Gasteiger partial charge in [-0.3, -0.25) is 0 Å². The van der Waals surface area contributed by atoms with Crippen LogP contribution in [0.25, 0.3) is 0 Å². The van der Waals surface area contributed by atoms with Crippen LogP contribution < -0.4 is 11.5 Å². The molecule has 0 bridgehead atoms. The summed E-state index contributed by atoms with van der Waals surface area (Å²) in [6, 6.07) is 0. The lowest BCUT2D eigenvalue weighted by atomic mass is 11.2. The zero-order valence-electron chi connectivity index (χ0n) is 4.09. The highest BCUT2D eigenvalue weighted by atomic mass is 16.7. The molecular weight excluding hydrogens is 96.0 g/mol. The Labute approximate surface area is 42.4 Å². The van der Waals surface area contributed by atoms with Gasteiger partial charge in [-0.05, 0) is 0 Å². The molecule has 0 radical (unpaired) electrons. The summed E-state index contributed by atoms with van der Waals surface area (Å²) < 4.78 is 9.10. The number of rotatable bonds is 4. The quantitative estimate of drug-likeness (QED) is 0.349. The summed E-state index contributed by atoms with van der Waals surface area (Å²) in [5, 5.41) is 0. The van der Waals surface area contributed by atoms with E-state index in [1.165, 1.54) is 0 Å². The van der Waals surface area contributed by atoms with Crippen LogP contribution >= 0.6 is 0 Å². The van der Waals surface area contributed by atoms with Crippen molar-refractivity contribution in [1.29, 1.82) is 0 Å². The second-order valence-electron chi connectivity index (χ2n) is 0.859. The molecule has 0 rings (SSSR count). The summed E-state index contributed by atoms with van der Waals surface area (Å²) in [7, 11) is 0. The second-order valence-corrected chi connectivity index (χ2v) is 0.859. The lowest BCUT2D eigenvalue weighted by Gasteiger charge is -1.97. The van der Waals surface area contributed by atoms with Crippen molar-refractivity contribution in [3.05, 3.63) is 0 Å². The van der Waals surface area contributed by atoms with Gasteiger partial charge < -0.3 is 20.9 Å². The molecule has 44 valence electrons. The van der Waals surface area contributed by atoms with Crippen LogP contribution in [0.4, 0.5) is 0 Å². The van der Waals surface area contributed by atoms with Gasteiger partial charge in [-0.15, -0.1) is 0 Å². The van der Waals surface area contributed by atoms with Gasteiger partial charge in [0.1, 0.15) is 6.79 Å². The van der Waals surface area contributed by atoms with Gasteiger partial charge in [0, 0.05) is 0 Å². The Balaban J connectivity index is 2.45. The second kappa shape index (κ2) is 5.84. The van der Waals surface area contributed by atoms with Crippen molar-refractivity contribution in [1.82, 2.24) is 0 Å². The van der Waals surface area contributed by atoms with Crippen LogP contribution in [0.2, 0.25) is 0 Å². The van der Waals surface area contributed by atoms with Crippen LogP contribution in [0.5, 0.6) is 0 Å². The van der Waals surface area contributed by atoms with E-state index in [4.69, 9.17) is 11.5 Å². The van der Waals surface area contributed by atoms with Gasteiger partial charge in [-0.1, -0.05) is 0 Å². The molecule has 0 aromatic carbocycles. The third-order valence-electron chi connectivity index (χ3n) is 0.402. The maximum Gasteiger partial charge on any atom is 0.150 e. The van der Waals surface area contributed by atoms with Crippen LogP contribution in [0.3, 0.4) is 0 Å². The number of nitrogens with two attached hydrogens (primary N) is 2. The molecular formula is C3H10N2O2. The normalized spacial score (nSPS) is 9.43. The molecule has 7 heavy (non-hydrogen) atoms. The van der Waals surface area contributed by atoms with E-state index in [9.17, 15) is 0 Å². The Morgan fingerprint density at radius 2 is 1.43 bits per heavy atom. The first-order chi connectivity index (χ1) is 3.41. The molecule has 0 aromatic heterocycles. The predicted octanol–water partition coefficient (Wildman–Crippen LogP) is -1.19. The standard InChI is InChI=1S/C3H10N2O2/c4-1-6-3-7-2-5/h1-5H2. The summed E-state index contributed by atoms with van der Waals surface area (Å²) in [5.74, 6) is 0. The number of hydrogen-bond donors (Lipinski definition) is 2. The maximum absolute atomic E-state index is 4.93. The van der Waals surface area contributed by atoms with Crippen LogP contribution in [0, 0.1) is 0 Å². The van der Waals surface area contributed by atoms with E-state index in [0.29, 0.717) is 0 Å². The van der Waals surface area contributed by atoms with Crippen molar-refractivity contribution < 1.29 is 9.47 Å². The topological polar surface area (TPSA) is 70.5 Å². The first-order valence-corrected chi connectivity index (χ1v) is 1.97. The Hall–Kier alpha value is -0.160. The molecule has 0 aliphatic heterocycles. The van der Waals surface area contributed by atoms with E-state index < -0.39 is 0 Å². The fraction of sp³-hybridized carbons (Fsp3) is 1.00. The first-order valence-electron chi connectivity index (χ1n) is 1.97. The van der Waals surface area contributed by atoms with Crippen LogP contribution in [0.1, 0.15) is 0 Å². The lowest BCUT2D eigenvalue weighted by molar-refractivity contribution is -0.0494. The highest BCUT2D eigenvalue weighted by molar-refractivity contribution is 4.04. The predicted molar refractivity (Wildman–Crippen MR) is 25.1 cm³/mol. The van der Waals surface area contributed by atoms with Crippen molar-refractivity contribution in [3.8, 4) is 0 Å². The minimum atomic E-state index is 0.181. The van der Waals surface area contributed by atoms with E-state index in [0.717, 1.165) is 0 Å². The molecule has 0 aromatic rings. The Kier molecular flexibility index (Phi) is 5.71. The van der Waals surface area contributed by atoms with E-state index in [-0.39, 0.29) is 20.3 Å². The van der Waals surface area contributed by atoms with Gasteiger partial charge in [0.15, 0.2) is 0 Å². The summed E-state index contributed by atoms with van der Waals surface area (Å²) >= 11 is 0. The average molecular weight is 106 g/mol. The number of hydrogen-bond acceptors (Lipinski definition) is 4. The molecule has 4 nitrogen and oxygen atoms in total. The lowest BCUT2D eigenvalue weighted by Crippen LogP contribution is -2.11. The molecule has 0 atom stereocenters. The van der Waals surface area contributed by atoms with E-state index in [2.05, 4.69) is 9.47 Å². The minimum absolute atomic E-state index is 0.181. The summed E-state index contributed by atoms with van der Waals surface area (Å²) in [6.45, 7) is 0.549. The zero-order chi connectivity index (χ0) is 5.54. The Morgan fingerprint density at radius 3 is 1.71 bits per heavy atom. The SMILES string of the molecule is NCOCOCN. The molecule has 4 N–H and O–H groups in total. The van der Waals surface area contributed by atoms with Crippen molar-refractivity contribution in [3.63, 3.8) is 0 Å². The van der Waals surface area contributed by atoms with Gasteiger partial charge in [0.25, 0.3) is 0 Å². The van der Waals surface area contributed by atoms with Crippen LogP contribution in [0.15, 0.2) is 0 Å². The Bertz CT molecular complexity index is 30.1. The van der Waals surface area contributed by atoms with Gasteiger partial charge in [0.2, 0.25) is 0 Å². The van der Waals surface area contributed by atoms with Crippen LogP contribution in [-0.2, 0) is 9.47 Å². The van der Waals surface area contributed by atoms with Gasteiger partial charge in [-0.2, -0.15) is 0 Å². The van der Waals surface area contributed by atoms with Gasteiger partial charge in [0.05, 0.1) is 13.5 Å². The minimum Gasteiger partial charge on any atom is -0.340 e. The fourth-order valence-electron chi connectivity index (χ4n) is 0.155. The summed E-state index contributed by atoms with van der Waals surface area (Å²) in [6.07, 6.45) is 0. The van der Waals surface area contributed by atoms with Gasteiger partial charge in [-0.25, -0.2) is 0 Å². The zero-order valence-corrected chi connectivity index (χ0v) is 4.09. The molecule has 0 saturated heterocycles. The maximum atomic E-state index is 4.93. The van der Waals surface area contributed by atoms with E-state index in [1.54, 1.807) is 0 Å². The molecule has 0 spiro atoms. The molecule has 0 heterocycles. The molecule has 4 heteroatoms. The monoisotopic (exact) mass is 106 g/mol.